The minimum atomic E-state index is 0.785. The first-order valence-electron chi connectivity index (χ1n) is 8.73. The highest BCUT2D eigenvalue weighted by molar-refractivity contribution is 4.84. The summed E-state index contributed by atoms with van der Waals surface area (Å²) in [4.78, 5) is 2.69. The van der Waals surface area contributed by atoms with Crippen LogP contribution < -0.4 is 5.32 Å². The van der Waals surface area contributed by atoms with E-state index in [-0.39, 0.29) is 0 Å². The molecular formula is C17H34N2. The van der Waals surface area contributed by atoms with Crippen LogP contribution in [0.4, 0.5) is 0 Å². The Balaban J connectivity index is 1.72. The summed E-state index contributed by atoms with van der Waals surface area (Å²) in [6.07, 6.45) is 14.3. The molecule has 2 saturated carbocycles. The van der Waals surface area contributed by atoms with Crippen LogP contribution >= 0.6 is 0 Å². The third-order valence-corrected chi connectivity index (χ3v) is 5.22. The Morgan fingerprint density at radius 2 is 1.79 bits per heavy atom. The highest BCUT2D eigenvalue weighted by Gasteiger charge is 2.26. The smallest absolute Gasteiger partial charge is 0.0107 e. The average Bonchev–Trinajstić information content (AvgIpc) is 2.46. The molecule has 2 aliphatic rings. The van der Waals surface area contributed by atoms with Crippen LogP contribution in [0.25, 0.3) is 0 Å². The van der Waals surface area contributed by atoms with E-state index in [0.717, 1.165) is 18.0 Å². The summed E-state index contributed by atoms with van der Waals surface area (Å²) in [7, 11) is 2.38. The van der Waals surface area contributed by atoms with Gasteiger partial charge in [0.2, 0.25) is 0 Å². The molecule has 0 saturated heterocycles. The van der Waals surface area contributed by atoms with E-state index in [1.165, 1.54) is 77.3 Å². The van der Waals surface area contributed by atoms with Gasteiger partial charge in [0.15, 0.2) is 0 Å². The van der Waals surface area contributed by atoms with Crippen molar-refractivity contribution < 1.29 is 0 Å². The van der Waals surface area contributed by atoms with E-state index in [4.69, 9.17) is 0 Å². The summed E-state index contributed by atoms with van der Waals surface area (Å²) in [6.45, 7) is 4.82. The minimum Gasteiger partial charge on any atom is -0.314 e. The van der Waals surface area contributed by atoms with Crippen molar-refractivity contribution >= 4 is 0 Å². The van der Waals surface area contributed by atoms with Gasteiger partial charge in [-0.3, -0.25) is 0 Å². The van der Waals surface area contributed by atoms with Crippen LogP contribution in [0.3, 0.4) is 0 Å². The monoisotopic (exact) mass is 266 g/mol. The molecular weight excluding hydrogens is 232 g/mol. The number of hydrogen-bond donors (Lipinski definition) is 1. The van der Waals surface area contributed by atoms with Gasteiger partial charge in [-0.1, -0.05) is 32.6 Å². The van der Waals surface area contributed by atoms with Gasteiger partial charge in [0.25, 0.3) is 0 Å². The van der Waals surface area contributed by atoms with Crippen LogP contribution in [0.5, 0.6) is 0 Å². The molecule has 0 heterocycles. The van der Waals surface area contributed by atoms with E-state index in [2.05, 4.69) is 24.2 Å². The predicted octanol–water partition coefficient (Wildman–Crippen LogP) is 3.81. The average molecular weight is 266 g/mol. The second-order valence-electron chi connectivity index (χ2n) is 6.92. The normalized spacial score (nSPS) is 29.8. The fourth-order valence-electron chi connectivity index (χ4n) is 4.02. The van der Waals surface area contributed by atoms with Gasteiger partial charge < -0.3 is 10.2 Å². The van der Waals surface area contributed by atoms with Crippen molar-refractivity contribution in [2.75, 3.05) is 20.1 Å². The summed E-state index contributed by atoms with van der Waals surface area (Å²) in [5.41, 5.74) is 0. The zero-order valence-corrected chi connectivity index (χ0v) is 13.2. The Morgan fingerprint density at radius 1 is 1.00 bits per heavy atom. The summed E-state index contributed by atoms with van der Waals surface area (Å²) in [5.74, 6) is 0.989. The third-order valence-electron chi connectivity index (χ3n) is 5.22. The molecule has 0 aliphatic heterocycles. The topological polar surface area (TPSA) is 15.3 Å². The molecule has 2 aliphatic carbocycles. The van der Waals surface area contributed by atoms with Crippen LogP contribution in [0, 0.1) is 5.92 Å². The van der Waals surface area contributed by atoms with Gasteiger partial charge in [0.05, 0.1) is 0 Å². The van der Waals surface area contributed by atoms with Gasteiger partial charge in [-0.2, -0.15) is 0 Å². The molecule has 19 heavy (non-hydrogen) atoms. The van der Waals surface area contributed by atoms with Crippen LogP contribution in [-0.4, -0.2) is 37.1 Å². The van der Waals surface area contributed by atoms with Crippen molar-refractivity contribution in [1.82, 2.24) is 10.2 Å². The first-order valence-corrected chi connectivity index (χ1v) is 8.73. The lowest BCUT2D eigenvalue weighted by Crippen LogP contribution is -2.44. The maximum absolute atomic E-state index is 3.73. The molecule has 0 amide bonds. The van der Waals surface area contributed by atoms with Gasteiger partial charge in [0, 0.05) is 18.6 Å². The Kier molecular flexibility index (Phi) is 6.66. The largest absolute Gasteiger partial charge is 0.314 e. The van der Waals surface area contributed by atoms with Gasteiger partial charge in [-0.05, 0) is 58.0 Å². The third kappa shape index (κ3) is 5.07. The second-order valence-corrected chi connectivity index (χ2v) is 6.92. The number of nitrogens with zero attached hydrogens (tertiary/aromatic N) is 1. The predicted molar refractivity (Wildman–Crippen MR) is 83.5 cm³/mol. The fourth-order valence-corrected chi connectivity index (χ4v) is 4.02. The van der Waals surface area contributed by atoms with Gasteiger partial charge in [-0.25, -0.2) is 0 Å². The quantitative estimate of drug-likeness (QED) is 0.786. The van der Waals surface area contributed by atoms with Crippen LogP contribution in [0.1, 0.15) is 71.1 Å². The molecule has 112 valence electrons. The Hall–Kier alpha value is -0.0800. The number of nitrogens with one attached hydrogen (secondary N) is 1. The molecule has 2 unspecified atom stereocenters. The highest BCUT2D eigenvalue weighted by Crippen LogP contribution is 2.27. The summed E-state index contributed by atoms with van der Waals surface area (Å²) in [5, 5.41) is 3.73. The molecule has 0 aromatic heterocycles. The first-order chi connectivity index (χ1) is 9.29. The van der Waals surface area contributed by atoms with E-state index in [9.17, 15) is 0 Å². The van der Waals surface area contributed by atoms with E-state index in [1.54, 1.807) is 0 Å². The van der Waals surface area contributed by atoms with E-state index in [0.29, 0.717) is 0 Å². The molecule has 0 bridgehead atoms. The molecule has 2 rings (SSSR count). The van der Waals surface area contributed by atoms with Gasteiger partial charge in [-0.15, -0.1) is 0 Å². The van der Waals surface area contributed by atoms with Crippen molar-refractivity contribution in [3.05, 3.63) is 0 Å². The molecule has 0 aromatic rings. The molecule has 0 radical (unpaired) electrons. The molecule has 1 N–H and O–H groups in total. The zero-order valence-electron chi connectivity index (χ0n) is 13.2. The van der Waals surface area contributed by atoms with Crippen LogP contribution in [-0.2, 0) is 0 Å². The Labute approximate surface area is 120 Å². The van der Waals surface area contributed by atoms with Crippen molar-refractivity contribution in [1.29, 1.82) is 0 Å². The molecule has 0 spiro atoms. The van der Waals surface area contributed by atoms with Crippen molar-refractivity contribution in [2.45, 2.75) is 83.2 Å². The minimum absolute atomic E-state index is 0.785. The van der Waals surface area contributed by atoms with Crippen molar-refractivity contribution in [3.63, 3.8) is 0 Å². The zero-order chi connectivity index (χ0) is 13.5. The van der Waals surface area contributed by atoms with Gasteiger partial charge >= 0.3 is 0 Å². The molecule has 2 heteroatoms. The standard InChI is InChI=1S/C17H34N2/c1-3-12-18-16-10-7-11-17(13-16)19(2)14-15-8-5-4-6-9-15/h15-18H,3-14H2,1-2H3. The Bertz CT molecular complexity index is 235. The van der Waals surface area contributed by atoms with E-state index in [1.807, 2.05) is 0 Å². The SMILES string of the molecule is CCCNC1CCCC(N(C)CC2CCCCC2)C1. The number of rotatable bonds is 6. The fraction of sp³-hybridized carbons (Fsp3) is 1.00. The second kappa shape index (κ2) is 8.26. The maximum Gasteiger partial charge on any atom is 0.0107 e. The lowest BCUT2D eigenvalue weighted by atomic mass is 9.86. The van der Waals surface area contributed by atoms with E-state index < -0.39 is 0 Å². The van der Waals surface area contributed by atoms with Crippen LogP contribution in [0.15, 0.2) is 0 Å². The summed E-state index contributed by atoms with van der Waals surface area (Å²) < 4.78 is 0. The molecule has 0 aromatic carbocycles. The summed E-state index contributed by atoms with van der Waals surface area (Å²) >= 11 is 0. The van der Waals surface area contributed by atoms with E-state index >= 15 is 0 Å². The lowest BCUT2D eigenvalue weighted by molar-refractivity contribution is 0.136. The lowest BCUT2D eigenvalue weighted by Gasteiger charge is -2.38. The Morgan fingerprint density at radius 3 is 2.53 bits per heavy atom. The van der Waals surface area contributed by atoms with Crippen molar-refractivity contribution in [3.8, 4) is 0 Å². The first kappa shape index (κ1) is 15.3. The summed E-state index contributed by atoms with van der Waals surface area (Å²) in [6, 6.07) is 1.62. The molecule has 2 nitrogen and oxygen atoms in total. The number of hydrogen-bond acceptors (Lipinski definition) is 2. The molecule has 2 fully saturated rings. The van der Waals surface area contributed by atoms with Gasteiger partial charge in [0.1, 0.15) is 0 Å². The highest BCUT2D eigenvalue weighted by atomic mass is 15.1. The van der Waals surface area contributed by atoms with Crippen LogP contribution in [0.2, 0.25) is 0 Å². The molecule has 2 atom stereocenters. The maximum atomic E-state index is 3.73. The van der Waals surface area contributed by atoms with Crippen molar-refractivity contribution in [2.24, 2.45) is 5.92 Å².